The molecular weight excluding hydrogens is 199 g/mol. The van der Waals surface area contributed by atoms with Gasteiger partial charge in [0, 0.05) is 6.61 Å². The lowest BCUT2D eigenvalue weighted by molar-refractivity contribution is -0.139. The van der Waals surface area contributed by atoms with E-state index in [1.807, 2.05) is 0 Å². The van der Waals surface area contributed by atoms with E-state index in [9.17, 15) is 9.18 Å². The summed E-state index contributed by atoms with van der Waals surface area (Å²) in [6.07, 6.45) is 0.646. The average molecular weight is 210 g/mol. The molecule has 1 unspecified atom stereocenters. The van der Waals surface area contributed by atoms with Crippen molar-refractivity contribution in [2.45, 2.75) is 6.42 Å². The maximum atomic E-state index is 13.1. The third-order valence-corrected chi connectivity index (χ3v) is 2.31. The van der Waals surface area contributed by atoms with E-state index in [4.69, 9.17) is 9.47 Å². The number of para-hydroxylation sites is 1. The van der Waals surface area contributed by atoms with Crippen LogP contribution < -0.4 is 4.74 Å². The van der Waals surface area contributed by atoms with Crippen LogP contribution in [0.5, 0.6) is 5.75 Å². The zero-order chi connectivity index (χ0) is 10.7. The molecule has 15 heavy (non-hydrogen) atoms. The quantitative estimate of drug-likeness (QED) is 0.551. The first-order chi connectivity index (χ1) is 7.27. The van der Waals surface area contributed by atoms with Crippen molar-refractivity contribution in [1.29, 1.82) is 0 Å². The first kappa shape index (κ1) is 10.1. The van der Waals surface area contributed by atoms with Gasteiger partial charge in [-0.15, -0.1) is 0 Å². The molecule has 0 aliphatic carbocycles. The Morgan fingerprint density at radius 1 is 1.47 bits per heavy atom. The summed E-state index contributed by atoms with van der Waals surface area (Å²) in [5.41, 5.74) is 0. The molecule has 80 valence electrons. The second kappa shape index (κ2) is 4.40. The van der Waals surface area contributed by atoms with Gasteiger partial charge >= 0.3 is 5.97 Å². The van der Waals surface area contributed by atoms with Gasteiger partial charge in [-0.2, -0.15) is 0 Å². The normalized spacial score (nSPS) is 20.2. The van der Waals surface area contributed by atoms with Gasteiger partial charge in [0.1, 0.15) is 0 Å². The van der Waals surface area contributed by atoms with E-state index in [0.717, 1.165) is 0 Å². The van der Waals surface area contributed by atoms with Crippen LogP contribution in [0.4, 0.5) is 4.39 Å². The molecule has 1 heterocycles. The highest BCUT2D eigenvalue weighted by atomic mass is 19.1. The number of hydrogen-bond donors (Lipinski definition) is 0. The van der Waals surface area contributed by atoms with Crippen LogP contribution in [-0.4, -0.2) is 19.2 Å². The molecule has 0 aromatic heterocycles. The molecule has 0 amide bonds. The second-order valence-electron chi connectivity index (χ2n) is 3.41. The lowest BCUT2D eigenvalue weighted by Crippen LogP contribution is -2.20. The molecule has 1 aromatic carbocycles. The van der Waals surface area contributed by atoms with Crippen LogP contribution in [0.1, 0.15) is 6.42 Å². The number of esters is 1. The maximum absolute atomic E-state index is 13.1. The molecule has 1 fully saturated rings. The number of carbonyl (C=O) groups excluding carboxylic acids is 1. The van der Waals surface area contributed by atoms with Gasteiger partial charge in [-0.1, -0.05) is 12.1 Å². The van der Waals surface area contributed by atoms with Crippen molar-refractivity contribution in [3.8, 4) is 5.75 Å². The largest absolute Gasteiger partial charge is 0.423 e. The molecular formula is C11H11FO3. The van der Waals surface area contributed by atoms with Crippen LogP contribution >= 0.6 is 0 Å². The van der Waals surface area contributed by atoms with E-state index in [-0.39, 0.29) is 11.7 Å². The van der Waals surface area contributed by atoms with Crippen molar-refractivity contribution in [2.75, 3.05) is 13.2 Å². The molecule has 1 aliphatic rings. The molecule has 0 N–H and O–H groups in total. The minimum Gasteiger partial charge on any atom is -0.423 e. The number of halogens is 1. The zero-order valence-corrected chi connectivity index (χ0v) is 8.11. The van der Waals surface area contributed by atoms with Gasteiger partial charge < -0.3 is 9.47 Å². The highest BCUT2D eigenvalue weighted by Gasteiger charge is 2.25. The fraction of sp³-hybridized carbons (Fsp3) is 0.364. The summed E-state index contributed by atoms with van der Waals surface area (Å²) in [4.78, 5) is 11.5. The van der Waals surface area contributed by atoms with E-state index >= 15 is 0 Å². The summed E-state index contributed by atoms with van der Waals surface area (Å²) in [6.45, 7) is 0.935. The van der Waals surface area contributed by atoms with Gasteiger partial charge in [0.15, 0.2) is 11.6 Å². The van der Waals surface area contributed by atoms with Gasteiger partial charge in [0.05, 0.1) is 12.5 Å². The molecule has 1 aliphatic heterocycles. The fourth-order valence-corrected chi connectivity index (χ4v) is 1.44. The summed E-state index contributed by atoms with van der Waals surface area (Å²) in [5, 5.41) is 0. The van der Waals surface area contributed by atoms with Crippen LogP contribution in [0, 0.1) is 11.7 Å². The molecule has 1 atom stereocenters. The van der Waals surface area contributed by atoms with E-state index in [0.29, 0.717) is 19.6 Å². The predicted octanol–water partition coefficient (Wildman–Crippen LogP) is 1.77. The second-order valence-corrected chi connectivity index (χ2v) is 3.41. The Kier molecular flexibility index (Phi) is 2.97. The number of hydrogen-bond acceptors (Lipinski definition) is 3. The van der Waals surface area contributed by atoms with Gasteiger partial charge in [-0.25, -0.2) is 4.39 Å². The number of benzene rings is 1. The van der Waals surface area contributed by atoms with Gasteiger partial charge in [-0.3, -0.25) is 4.79 Å². The van der Waals surface area contributed by atoms with Crippen molar-refractivity contribution in [2.24, 2.45) is 5.92 Å². The first-order valence-electron chi connectivity index (χ1n) is 4.81. The molecule has 2 rings (SSSR count). The van der Waals surface area contributed by atoms with Crippen molar-refractivity contribution >= 4 is 5.97 Å². The Labute approximate surface area is 86.8 Å². The lowest BCUT2D eigenvalue weighted by atomic mass is 10.1. The number of ether oxygens (including phenoxy) is 2. The van der Waals surface area contributed by atoms with Crippen LogP contribution in [0.2, 0.25) is 0 Å². The summed E-state index contributed by atoms with van der Waals surface area (Å²) in [5.74, 6) is -1.22. The Bertz CT molecular complexity index is 359. The highest BCUT2D eigenvalue weighted by Crippen LogP contribution is 2.20. The molecule has 0 saturated carbocycles. The fourth-order valence-electron chi connectivity index (χ4n) is 1.44. The number of carbonyl (C=O) groups is 1. The Morgan fingerprint density at radius 2 is 2.27 bits per heavy atom. The Morgan fingerprint density at radius 3 is 2.93 bits per heavy atom. The van der Waals surface area contributed by atoms with Gasteiger partial charge in [0.2, 0.25) is 0 Å². The van der Waals surface area contributed by atoms with E-state index < -0.39 is 11.8 Å². The van der Waals surface area contributed by atoms with Crippen LogP contribution in [-0.2, 0) is 9.53 Å². The molecule has 0 radical (unpaired) electrons. The van der Waals surface area contributed by atoms with Crippen molar-refractivity contribution in [3.05, 3.63) is 30.1 Å². The SMILES string of the molecule is O=C(Oc1ccccc1F)C1CCOC1. The monoisotopic (exact) mass is 210 g/mol. The summed E-state index contributed by atoms with van der Waals surface area (Å²) < 4.78 is 23.1. The third-order valence-electron chi connectivity index (χ3n) is 2.31. The van der Waals surface area contributed by atoms with Crippen molar-refractivity contribution in [1.82, 2.24) is 0 Å². The van der Waals surface area contributed by atoms with Crippen molar-refractivity contribution < 1.29 is 18.7 Å². The molecule has 1 aromatic rings. The smallest absolute Gasteiger partial charge is 0.316 e. The van der Waals surface area contributed by atoms with E-state index in [1.54, 1.807) is 12.1 Å². The van der Waals surface area contributed by atoms with E-state index in [1.165, 1.54) is 12.1 Å². The minimum absolute atomic E-state index is 0.0191. The summed E-state index contributed by atoms with van der Waals surface area (Å²) >= 11 is 0. The summed E-state index contributed by atoms with van der Waals surface area (Å²) in [6, 6.07) is 5.86. The predicted molar refractivity (Wildman–Crippen MR) is 51.0 cm³/mol. The summed E-state index contributed by atoms with van der Waals surface area (Å²) in [7, 11) is 0. The standard InChI is InChI=1S/C11H11FO3/c12-9-3-1-2-4-10(9)15-11(13)8-5-6-14-7-8/h1-4,8H,5-7H2. The van der Waals surface area contributed by atoms with Crippen LogP contribution in [0.3, 0.4) is 0 Å². The Balaban J connectivity index is 2.02. The van der Waals surface area contributed by atoms with Gasteiger partial charge in [0.25, 0.3) is 0 Å². The molecule has 4 heteroatoms. The van der Waals surface area contributed by atoms with Crippen LogP contribution in [0.15, 0.2) is 24.3 Å². The van der Waals surface area contributed by atoms with Crippen LogP contribution in [0.25, 0.3) is 0 Å². The molecule has 0 spiro atoms. The highest BCUT2D eigenvalue weighted by molar-refractivity contribution is 5.75. The maximum Gasteiger partial charge on any atom is 0.316 e. The molecule has 0 bridgehead atoms. The third kappa shape index (κ3) is 2.33. The minimum atomic E-state index is -0.523. The first-order valence-corrected chi connectivity index (χ1v) is 4.81. The molecule has 3 nitrogen and oxygen atoms in total. The average Bonchev–Trinajstić information content (AvgIpc) is 2.74. The van der Waals surface area contributed by atoms with Gasteiger partial charge in [-0.05, 0) is 18.6 Å². The lowest BCUT2D eigenvalue weighted by Gasteiger charge is -2.08. The topological polar surface area (TPSA) is 35.5 Å². The van der Waals surface area contributed by atoms with Crippen molar-refractivity contribution in [3.63, 3.8) is 0 Å². The van der Waals surface area contributed by atoms with E-state index in [2.05, 4.69) is 0 Å². The number of rotatable bonds is 2. The Hall–Kier alpha value is -1.42. The zero-order valence-electron chi connectivity index (χ0n) is 8.11. The molecule has 1 saturated heterocycles.